The van der Waals surface area contributed by atoms with E-state index in [1.807, 2.05) is 4.90 Å². The lowest BCUT2D eigenvalue weighted by atomic mass is 9.96. The molecule has 7 heteroatoms. The molecule has 21 heavy (non-hydrogen) atoms. The predicted molar refractivity (Wildman–Crippen MR) is 76.6 cm³/mol. The van der Waals surface area contributed by atoms with Gasteiger partial charge in [0.1, 0.15) is 11.4 Å². The zero-order valence-electron chi connectivity index (χ0n) is 12.1. The molecule has 1 aromatic rings. The maximum atomic E-state index is 11.5. The predicted octanol–water partition coefficient (Wildman–Crippen LogP) is 1.99. The molecular weight excluding hydrogens is 276 g/mol. The van der Waals surface area contributed by atoms with Gasteiger partial charge in [-0.3, -0.25) is 14.9 Å². The van der Waals surface area contributed by atoms with Crippen molar-refractivity contribution in [3.8, 4) is 5.75 Å². The molecule has 0 amide bonds. The van der Waals surface area contributed by atoms with Crippen LogP contribution in [0.3, 0.4) is 0 Å². The van der Waals surface area contributed by atoms with E-state index in [1.54, 1.807) is 12.1 Å². The molecule has 0 unspecified atom stereocenters. The minimum absolute atomic E-state index is 0.0193. The largest absolute Gasteiger partial charge is 0.496 e. The number of ether oxygens (including phenoxy) is 2. The first-order chi connectivity index (χ1) is 10.1. The maximum absolute atomic E-state index is 11.5. The third-order valence-corrected chi connectivity index (χ3v) is 3.75. The van der Waals surface area contributed by atoms with E-state index in [2.05, 4.69) is 0 Å². The maximum Gasteiger partial charge on any atom is 0.308 e. The number of carbonyl (C=O) groups is 1. The van der Waals surface area contributed by atoms with Crippen molar-refractivity contribution in [3.05, 3.63) is 28.3 Å². The Morgan fingerprint density at radius 2 is 2.00 bits per heavy atom. The van der Waals surface area contributed by atoms with E-state index in [0.717, 1.165) is 0 Å². The summed E-state index contributed by atoms with van der Waals surface area (Å²) in [6.07, 6.45) is 1.27. The molecule has 2 rings (SSSR count). The molecule has 0 bridgehead atoms. The lowest BCUT2D eigenvalue weighted by Crippen LogP contribution is -2.37. The van der Waals surface area contributed by atoms with E-state index in [1.165, 1.54) is 20.3 Å². The summed E-state index contributed by atoms with van der Waals surface area (Å²) in [5.41, 5.74) is 0.579. The number of nitro benzene ring substituents is 1. The van der Waals surface area contributed by atoms with Gasteiger partial charge in [-0.25, -0.2) is 0 Å². The molecule has 7 nitrogen and oxygen atoms in total. The third kappa shape index (κ3) is 3.24. The normalized spacial score (nSPS) is 15.6. The Kier molecular flexibility index (Phi) is 4.62. The summed E-state index contributed by atoms with van der Waals surface area (Å²) < 4.78 is 9.77. The van der Waals surface area contributed by atoms with Crippen molar-refractivity contribution in [1.82, 2.24) is 0 Å². The van der Waals surface area contributed by atoms with Crippen LogP contribution in [-0.2, 0) is 9.53 Å². The molecule has 0 saturated carbocycles. The van der Waals surface area contributed by atoms with Crippen molar-refractivity contribution in [1.29, 1.82) is 0 Å². The van der Waals surface area contributed by atoms with Gasteiger partial charge < -0.3 is 14.4 Å². The summed E-state index contributed by atoms with van der Waals surface area (Å²) in [4.78, 5) is 24.2. The fourth-order valence-electron chi connectivity index (χ4n) is 2.57. The summed E-state index contributed by atoms with van der Waals surface area (Å²) in [5, 5.41) is 11.2. The Balaban J connectivity index is 2.16. The quantitative estimate of drug-likeness (QED) is 0.480. The molecule has 0 aromatic heterocycles. The molecular formula is C14H18N2O5. The van der Waals surface area contributed by atoms with Crippen molar-refractivity contribution in [3.63, 3.8) is 0 Å². The van der Waals surface area contributed by atoms with Crippen LogP contribution < -0.4 is 9.64 Å². The topological polar surface area (TPSA) is 81.9 Å². The van der Waals surface area contributed by atoms with E-state index >= 15 is 0 Å². The van der Waals surface area contributed by atoms with E-state index in [9.17, 15) is 14.9 Å². The molecule has 1 aliphatic rings. The number of esters is 1. The molecule has 1 aliphatic heterocycles. The zero-order chi connectivity index (χ0) is 15.4. The number of nitro groups is 1. The fraction of sp³-hybridized carbons (Fsp3) is 0.500. The number of anilines is 1. The molecule has 0 radical (unpaired) electrons. The molecule has 1 heterocycles. The number of piperidine rings is 1. The Labute approximate surface area is 122 Å². The van der Waals surface area contributed by atoms with E-state index in [0.29, 0.717) is 37.4 Å². The van der Waals surface area contributed by atoms with Crippen molar-refractivity contribution < 1.29 is 19.2 Å². The van der Waals surface area contributed by atoms with Gasteiger partial charge in [0, 0.05) is 13.1 Å². The van der Waals surface area contributed by atoms with Gasteiger partial charge in [0.25, 0.3) is 5.69 Å². The third-order valence-electron chi connectivity index (χ3n) is 3.75. The lowest BCUT2D eigenvalue weighted by molar-refractivity contribution is -0.384. The highest BCUT2D eigenvalue weighted by molar-refractivity contribution is 5.73. The van der Waals surface area contributed by atoms with Gasteiger partial charge in [-0.15, -0.1) is 0 Å². The second kappa shape index (κ2) is 6.43. The lowest BCUT2D eigenvalue weighted by Gasteiger charge is -2.32. The first-order valence-electron chi connectivity index (χ1n) is 6.72. The van der Waals surface area contributed by atoms with Gasteiger partial charge >= 0.3 is 5.97 Å². The van der Waals surface area contributed by atoms with Gasteiger partial charge in [0.15, 0.2) is 0 Å². The highest BCUT2D eigenvalue weighted by Gasteiger charge is 2.28. The summed E-state index contributed by atoms with van der Waals surface area (Å²) in [6.45, 7) is 1.18. The van der Waals surface area contributed by atoms with Crippen molar-refractivity contribution in [2.75, 3.05) is 32.2 Å². The molecule has 1 saturated heterocycles. The molecule has 0 atom stereocenters. The number of rotatable bonds is 4. The Hall–Kier alpha value is -2.31. The first-order valence-corrected chi connectivity index (χ1v) is 6.72. The van der Waals surface area contributed by atoms with Crippen molar-refractivity contribution in [2.45, 2.75) is 12.8 Å². The highest BCUT2D eigenvalue weighted by atomic mass is 16.6. The van der Waals surface area contributed by atoms with Gasteiger partial charge in [-0.05, 0) is 25.0 Å². The van der Waals surface area contributed by atoms with Crippen molar-refractivity contribution in [2.24, 2.45) is 5.92 Å². The Morgan fingerprint density at radius 3 is 2.52 bits per heavy atom. The molecule has 114 valence electrons. The van der Waals surface area contributed by atoms with Gasteiger partial charge in [0.05, 0.1) is 31.1 Å². The van der Waals surface area contributed by atoms with Gasteiger partial charge in [-0.2, -0.15) is 0 Å². The van der Waals surface area contributed by atoms with Crippen LogP contribution in [0.4, 0.5) is 11.4 Å². The number of methoxy groups -OCH3 is 2. The molecule has 0 N–H and O–H groups in total. The van der Waals surface area contributed by atoms with E-state index < -0.39 is 4.92 Å². The van der Waals surface area contributed by atoms with Crippen molar-refractivity contribution >= 4 is 17.3 Å². The number of nitrogens with zero attached hydrogens (tertiary/aromatic N) is 2. The van der Waals surface area contributed by atoms with Crippen LogP contribution in [-0.4, -0.2) is 38.2 Å². The summed E-state index contributed by atoms with van der Waals surface area (Å²) in [6, 6.07) is 4.81. The summed E-state index contributed by atoms with van der Waals surface area (Å²) in [5.74, 6) is 0.123. The zero-order valence-corrected chi connectivity index (χ0v) is 12.1. The molecule has 0 aliphatic carbocycles. The smallest absolute Gasteiger partial charge is 0.308 e. The van der Waals surface area contributed by atoms with Gasteiger partial charge in [0.2, 0.25) is 0 Å². The average molecular weight is 294 g/mol. The second-order valence-corrected chi connectivity index (χ2v) is 4.90. The highest BCUT2D eigenvalue weighted by Crippen LogP contribution is 2.34. The number of carbonyl (C=O) groups excluding carboxylic acids is 1. The molecule has 0 spiro atoms. The standard InChI is InChI=1S/C14H18N2O5/c1-20-11-3-4-12(13(9-11)16(18)19)15-7-5-10(6-8-15)14(17)21-2/h3-4,9-10H,5-8H2,1-2H3. The molecule has 1 fully saturated rings. The van der Waals surface area contributed by atoms with Crippen LogP contribution in [0.5, 0.6) is 5.75 Å². The monoisotopic (exact) mass is 294 g/mol. The van der Waals surface area contributed by atoms with E-state index in [-0.39, 0.29) is 17.6 Å². The Morgan fingerprint density at radius 1 is 1.33 bits per heavy atom. The second-order valence-electron chi connectivity index (χ2n) is 4.90. The van der Waals surface area contributed by atoms with Crippen LogP contribution in [0.25, 0.3) is 0 Å². The summed E-state index contributed by atoms with van der Waals surface area (Å²) >= 11 is 0. The SMILES string of the molecule is COC(=O)C1CCN(c2ccc(OC)cc2[N+](=O)[O-])CC1. The minimum atomic E-state index is -0.412. The van der Waals surface area contributed by atoms with Crippen LogP contribution in [0.2, 0.25) is 0 Å². The first kappa shape index (κ1) is 15.1. The minimum Gasteiger partial charge on any atom is -0.496 e. The van der Waals surface area contributed by atoms with Crippen LogP contribution in [0, 0.1) is 16.0 Å². The van der Waals surface area contributed by atoms with Crippen LogP contribution in [0.1, 0.15) is 12.8 Å². The fourth-order valence-corrected chi connectivity index (χ4v) is 2.57. The summed E-state index contributed by atoms with van der Waals surface area (Å²) in [7, 11) is 2.85. The Bertz CT molecular complexity index is 538. The molecule has 1 aromatic carbocycles. The van der Waals surface area contributed by atoms with Crippen LogP contribution >= 0.6 is 0 Å². The number of hydrogen-bond donors (Lipinski definition) is 0. The van der Waals surface area contributed by atoms with Crippen LogP contribution in [0.15, 0.2) is 18.2 Å². The average Bonchev–Trinajstić information content (AvgIpc) is 2.53. The van der Waals surface area contributed by atoms with E-state index in [4.69, 9.17) is 9.47 Å². The van der Waals surface area contributed by atoms with Gasteiger partial charge in [-0.1, -0.05) is 0 Å². The number of benzene rings is 1. The number of hydrogen-bond acceptors (Lipinski definition) is 6.